The van der Waals surface area contributed by atoms with Crippen molar-refractivity contribution in [1.82, 2.24) is 0 Å². The maximum atomic E-state index is 12.3. The molecule has 0 bridgehead atoms. The number of hydrogen-bond acceptors (Lipinski definition) is 2. The Kier molecular flexibility index (Phi) is 5.29. The summed E-state index contributed by atoms with van der Waals surface area (Å²) in [6, 6.07) is 16.5. The number of carbonyl (C=O) groups is 1. The van der Waals surface area contributed by atoms with Crippen molar-refractivity contribution in [2.24, 2.45) is 5.92 Å². The molecular weight excluding hydrogens is 260 g/mol. The quantitative estimate of drug-likeness (QED) is 0.798. The first kappa shape index (κ1) is 15.5. The highest BCUT2D eigenvalue weighted by atomic mass is 16.3. The zero-order chi connectivity index (χ0) is 15.2. The van der Waals surface area contributed by atoms with Gasteiger partial charge in [0.25, 0.3) is 0 Å². The van der Waals surface area contributed by atoms with Gasteiger partial charge in [0.1, 0.15) is 0 Å². The topological polar surface area (TPSA) is 37.3 Å². The average molecular weight is 282 g/mol. The fraction of sp³-hybridized carbons (Fsp3) is 0.316. The van der Waals surface area contributed by atoms with Gasteiger partial charge in [-0.05, 0) is 24.3 Å². The van der Waals surface area contributed by atoms with E-state index in [1.807, 2.05) is 42.5 Å². The Hall–Kier alpha value is -1.93. The molecule has 1 atom stereocenters. The number of aliphatic hydroxyl groups is 1. The van der Waals surface area contributed by atoms with Gasteiger partial charge in [0.2, 0.25) is 0 Å². The van der Waals surface area contributed by atoms with Crippen molar-refractivity contribution >= 4 is 5.78 Å². The van der Waals surface area contributed by atoms with Gasteiger partial charge in [-0.2, -0.15) is 0 Å². The second kappa shape index (κ2) is 7.19. The molecule has 2 aromatic rings. The van der Waals surface area contributed by atoms with Gasteiger partial charge in [-0.1, -0.05) is 68.4 Å². The summed E-state index contributed by atoms with van der Waals surface area (Å²) in [6.07, 6.45) is 1.29. The molecule has 0 saturated carbocycles. The summed E-state index contributed by atoms with van der Waals surface area (Å²) >= 11 is 0. The smallest absolute Gasteiger partial charge is 0.193 e. The van der Waals surface area contributed by atoms with E-state index in [1.165, 1.54) is 0 Å². The van der Waals surface area contributed by atoms with E-state index in [-0.39, 0.29) is 5.78 Å². The zero-order valence-electron chi connectivity index (χ0n) is 12.6. The second-order valence-electron chi connectivity index (χ2n) is 5.80. The van der Waals surface area contributed by atoms with Crippen LogP contribution in [0.15, 0.2) is 54.6 Å². The van der Waals surface area contributed by atoms with Crippen molar-refractivity contribution in [2.75, 3.05) is 0 Å². The first-order chi connectivity index (χ1) is 10.1. The van der Waals surface area contributed by atoms with Crippen LogP contribution in [0.2, 0.25) is 0 Å². The number of aliphatic hydroxyl groups excluding tert-OH is 1. The minimum absolute atomic E-state index is 0.0128. The number of rotatable bonds is 6. The Morgan fingerprint density at radius 1 is 0.905 bits per heavy atom. The van der Waals surface area contributed by atoms with Crippen LogP contribution in [0.1, 0.15) is 54.3 Å². The fourth-order valence-electron chi connectivity index (χ4n) is 2.27. The van der Waals surface area contributed by atoms with E-state index in [4.69, 9.17) is 0 Å². The molecule has 2 rings (SSSR count). The average Bonchev–Trinajstić information content (AvgIpc) is 2.53. The van der Waals surface area contributed by atoms with E-state index in [9.17, 15) is 9.90 Å². The van der Waals surface area contributed by atoms with Crippen LogP contribution in [0.25, 0.3) is 0 Å². The van der Waals surface area contributed by atoms with E-state index in [0.717, 1.165) is 18.4 Å². The number of benzene rings is 2. The lowest BCUT2D eigenvalue weighted by Gasteiger charge is -2.13. The van der Waals surface area contributed by atoms with Crippen molar-refractivity contribution in [3.63, 3.8) is 0 Å². The molecule has 0 aliphatic carbocycles. The van der Waals surface area contributed by atoms with Gasteiger partial charge in [-0.15, -0.1) is 0 Å². The normalized spacial score (nSPS) is 12.4. The first-order valence-corrected chi connectivity index (χ1v) is 7.45. The molecule has 0 heterocycles. The van der Waals surface area contributed by atoms with Crippen molar-refractivity contribution < 1.29 is 9.90 Å². The van der Waals surface area contributed by atoms with Gasteiger partial charge in [0, 0.05) is 11.1 Å². The number of ketones is 1. The predicted molar refractivity (Wildman–Crippen MR) is 85.3 cm³/mol. The lowest BCUT2D eigenvalue weighted by molar-refractivity contribution is 0.103. The van der Waals surface area contributed by atoms with Crippen LogP contribution in [0.5, 0.6) is 0 Å². The molecule has 2 aromatic carbocycles. The van der Waals surface area contributed by atoms with E-state index in [0.29, 0.717) is 17.0 Å². The van der Waals surface area contributed by atoms with Crippen molar-refractivity contribution in [2.45, 2.75) is 32.8 Å². The van der Waals surface area contributed by atoms with Crippen LogP contribution < -0.4 is 0 Å². The summed E-state index contributed by atoms with van der Waals surface area (Å²) in [4.78, 5) is 12.3. The Bertz CT molecular complexity index is 570. The Morgan fingerprint density at radius 3 is 2.05 bits per heavy atom. The SMILES string of the molecule is CC(C)CC[C@H](O)c1ccc(C(=O)c2ccccc2)cc1. The molecule has 0 amide bonds. The molecular formula is C19H22O2. The summed E-state index contributed by atoms with van der Waals surface area (Å²) in [7, 11) is 0. The third-order valence-electron chi connectivity index (χ3n) is 3.61. The van der Waals surface area contributed by atoms with Crippen LogP contribution in [-0.2, 0) is 0 Å². The van der Waals surface area contributed by atoms with E-state index < -0.39 is 6.10 Å². The summed E-state index contributed by atoms with van der Waals surface area (Å²) in [5.41, 5.74) is 2.21. The maximum absolute atomic E-state index is 12.3. The Morgan fingerprint density at radius 2 is 1.48 bits per heavy atom. The lowest BCUT2D eigenvalue weighted by Crippen LogP contribution is -2.03. The van der Waals surface area contributed by atoms with E-state index in [1.54, 1.807) is 12.1 Å². The minimum atomic E-state index is -0.451. The minimum Gasteiger partial charge on any atom is -0.388 e. The van der Waals surface area contributed by atoms with Crippen LogP contribution in [-0.4, -0.2) is 10.9 Å². The molecule has 0 saturated heterocycles. The van der Waals surface area contributed by atoms with E-state index >= 15 is 0 Å². The van der Waals surface area contributed by atoms with E-state index in [2.05, 4.69) is 13.8 Å². The van der Waals surface area contributed by atoms with Crippen LogP contribution in [0.3, 0.4) is 0 Å². The third kappa shape index (κ3) is 4.27. The van der Waals surface area contributed by atoms with Gasteiger partial charge in [-0.3, -0.25) is 4.79 Å². The van der Waals surface area contributed by atoms with Gasteiger partial charge < -0.3 is 5.11 Å². The molecule has 110 valence electrons. The van der Waals surface area contributed by atoms with Crippen molar-refractivity contribution in [1.29, 1.82) is 0 Å². The second-order valence-corrected chi connectivity index (χ2v) is 5.80. The standard InChI is InChI=1S/C19H22O2/c1-14(2)8-13-18(20)15-9-11-17(12-10-15)19(21)16-6-4-3-5-7-16/h3-7,9-12,14,18,20H,8,13H2,1-2H3/t18-/m0/s1. The lowest BCUT2D eigenvalue weighted by atomic mass is 9.97. The summed E-state index contributed by atoms with van der Waals surface area (Å²) in [5.74, 6) is 0.595. The highest BCUT2D eigenvalue weighted by Crippen LogP contribution is 2.21. The zero-order valence-corrected chi connectivity index (χ0v) is 12.6. The maximum Gasteiger partial charge on any atom is 0.193 e. The molecule has 2 nitrogen and oxygen atoms in total. The fourth-order valence-corrected chi connectivity index (χ4v) is 2.27. The van der Waals surface area contributed by atoms with Crippen molar-refractivity contribution in [3.8, 4) is 0 Å². The van der Waals surface area contributed by atoms with Gasteiger partial charge >= 0.3 is 0 Å². The molecule has 21 heavy (non-hydrogen) atoms. The van der Waals surface area contributed by atoms with Gasteiger partial charge in [0.15, 0.2) is 5.78 Å². The van der Waals surface area contributed by atoms with Crippen LogP contribution in [0.4, 0.5) is 0 Å². The largest absolute Gasteiger partial charge is 0.388 e. The van der Waals surface area contributed by atoms with Crippen molar-refractivity contribution in [3.05, 3.63) is 71.3 Å². The molecule has 0 unspecified atom stereocenters. The summed E-state index contributed by atoms with van der Waals surface area (Å²) < 4.78 is 0. The molecule has 1 N–H and O–H groups in total. The van der Waals surface area contributed by atoms with Crippen LogP contribution >= 0.6 is 0 Å². The summed E-state index contributed by atoms with van der Waals surface area (Å²) in [5, 5.41) is 10.1. The molecule has 2 heteroatoms. The van der Waals surface area contributed by atoms with Gasteiger partial charge in [0.05, 0.1) is 6.10 Å². The Labute approximate surface area is 126 Å². The predicted octanol–water partition coefficient (Wildman–Crippen LogP) is 4.39. The molecule has 0 fully saturated rings. The van der Waals surface area contributed by atoms with Gasteiger partial charge in [-0.25, -0.2) is 0 Å². The first-order valence-electron chi connectivity index (χ1n) is 7.45. The highest BCUT2D eigenvalue weighted by Gasteiger charge is 2.11. The number of hydrogen-bond donors (Lipinski definition) is 1. The summed E-state index contributed by atoms with van der Waals surface area (Å²) in [6.45, 7) is 4.29. The third-order valence-corrected chi connectivity index (χ3v) is 3.61. The Balaban J connectivity index is 2.07. The molecule has 0 radical (unpaired) electrons. The molecule has 0 spiro atoms. The monoisotopic (exact) mass is 282 g/mol. The molecule has 0 aliphatic rings. The van der Waals surface area contributed by atoms with Crippen LogP contribution in [0, 0.1) is 5.92 Å². The highest BCUT2D eigenvalue weighted by molar-refractivity contribution is 6.08. The molecule has 0 aromatic heterocycles. The number of carbonyl (C=O) groups excluding carboxylic acids is 1. The molecule has 0 aliphatic heterocycles.